The van der Waals surface area contributed by atoms with E-state index >= 15 is 0 Å². The van der Waals surface area contributed by atoms with Gasteiger partial charge in [-0.1, -0.05) is 20.8 Å². The Morgan fingerprint density at radius 2 is 2.11 bits per heavy atom. The summed E-state index contributed by atoms with van der Waals surface area (Å²) in [6.45, 7) is 8.76. The Bertz CT molecular complexity index is 357. The molecule has 0 aromatic carbocycles. The predicted molar refractivity (Wildman–Crippen MR) is 73.5 cm³/mol. The van der Waals surface area contributed by atoms with Crippen LogP contribution in [0, 0.1) is 11.8 Å². The van der Waals surface area contributed by atoms with Gasteiger partial charge in [0.2, 0.25) is 0 Å². The summed E-state index contributed by atoms with van der Waals surface area (Å²) in [5.74, 6) is 1.00. The number of likely N-dealkylation sites (tertiary alicyclic amines) is 1. The van der Waals surface area contributed by atoms with Crippen LogP contribution in [-0.4, -0.2) is 47.5 Å². The summed E-state index contributed by atoms with van der Waals surface area (Å²) in [5, 5.41) is 2.80. The number of rotatable bonds is 4. The molecule has 2 unspecified atom stereocenters. The Kier molecular flexibility index (Phi) is 4.45. The number of hydrogen-bond donors (Lipinski definition) is 1. The van der Waals surface area contributed by atoms with E-state index in [1.54, 1.807) is 0 Å². The summed E-state index contributed by atoms with van der Waals surface area (Å²) in [4.78, 5) is 27.7. The first-order chi connectivity index (χ1) is 8.97. The maximum atomic E-state index is 12.2. The molecular formula is C14H25N3O2. The Morgan fingerprint density at radius 3 is 2.74 bits per heavy atom. The lowest BCUT2D eigenvalue weighted by molar-refractivity contribution is -0.129. The Labute approximate surface area is 115 Å². The number of carbonyl (C=O) groups is 2. The van der Waals surface area contributed by atoms with Crippen molar-refractivity contribution in [2.24, 2.45) is 11.8 Å². The third-order valence-corrected chi connectivity index (χ3v) is 3.90. The molecule has 0 aromatic heterocycles. The van der Waals surface area contributed by atoms with E-state index in [4.69, 9.17) is 0 Å². The van der Waals surface area contributed by atoms with E-state index in [1.165, 1.54) is 11.3 Å². The first kappa shape index (κ1) is 14.3. The minimum atomic E-state index is -0.324. The lowest BCUT2D eigenvalue weighted by atomic mass is 10.0. The van der Waals surface area contributed by atoms with Crippen molar-refractivity contribution in [1.29, 1.82) is 0 Å². The minimum Gasteiger partial charge on any atom is -0.326 e. The van der Waals surface area contributed by atoms with Crippen LogP contribution in [-0.2, 0) is 4.79 Å². The highest BCUT2D eigenvalue weighted by Gasteiger charge is 2.39. The number of amides is 3. The molecule has 19 heavy (non-hydrogen) atoms. The van der Waals surface area contributed by atoms with Crippen LogP contribution in [0.15, 0.2) is 0 Å². The van der Waals surface area contributed by atoms with Crippen LogP contribution < -0.4 is 5.32 Å². The fraction of sp³-hybridized carbons (Fsp3) is 0.857. The summed E-state index contributed by atoms with van der Waals surface area (Å²) in [6.07, 6.45) is 3.12. The highest BCUT2D eigenvalue weighted by molar-refractivity contribution is 6.04. The first-order valence-corrected chi connectivity index (χ1v) is 7.31. The van der Waals surface area contributed by atoms with Crippen molar-refractivity contribution in [3.63, 3.8) is 0 Å². The Balaban J connectivity index is 1.92. The van der Waals surface area contributed by atoms with Crippen LogP contribution in [0.3, 0.4) is 0 Å². The second kappa shape index (κ2) is 5.90. The largest absolute Gasteiger partial charge is 0.326 e. The van der Waals surface area contributed by atoms with Crippen LogP contribution in [0.1, 0.15) is 40.0 Å². The van der Waals surface area contributed by atoms with Crippen molar-refractivity contribution in [1.82, 2.24) is 15.1 Å². The fourth-order valence-electron chi connectivity index (χ4n) is 2.96. The number of carbonyl (C=O) groups excluding carboxylic acids is 2. The summed E-state index contributed by atoms with van der Waals surface area (Å²) in [7, 11) is 0. The second-order valence-electron chi connectivity index (χ2n) is 6.36. The quantitative estimate of drug-likeness (QED) is 0.788. The molecule has 0 saturated carbocycles. The average Bonchev–Trinajstić information content (AvgIpc) is 2.56. The summed E-state index contributed by atoms with van der Waals surface area (Å²) in [6, 6.07) is -0.552. The fourth-order valence-corrected chi connectivity index (χ4v) is 2.96. The average molecular weight is 267 g/mol. The van der Waals surface area contributed by atoms with E-state index in [0.717, 1.165) is 25.9 Å². The molecule has 2 aliphatic heterocycles. The molecule has 1 N–H and O–H groups in total. The molecule has 5 nitrogen and oxygen atoms in total. The van der Waals surface area contributed by atoms with Crippen LogP contribution in [0.5, 0.6) is 0 Å². The van der Waals surface area contributed by atoms with Crippen LogP contribution in [0.4, 0.5) is 4.79 Å². The van der Waals surface area contributed by atoms with E-state index in [2.05, 4.69) is 31.0 Å². The molecule has 2 atom stereocenters. The highest BCUT2D eigenvalue weighted by Crippen LogP contribution is 2.18. The van der Waals surface area contributed by atoms with E-state index in [1.807, 2.05) is 0 Å². The second-order valence-corrected chi connectivity index (χ2v) is 6.36. The Morgan fingerprint density at radius 1 is 1.37 bits per heavy atom. The van der Waals surface area contributed by atoms with Gasteiger partial charge in [0, 0.05) is 6.54 Å². The number of imide groups is 1. The normalized spacial score (nSPS) is 29.2. The lowest BCUT2D eigenvalue weighted by Gasteiger charge is -2.32. The molecular weight excluding hydrogens is 242 g/mol. The smallest absolute Gasteiger partial charge is 0.325 e. The van der Waals surface area contributed by atoms with Crippen LogP contribution in [0.2, 0.25) is 0 Å². The van der Waals surface area contributed by atoms with Gasteiger partial charge in [-0.15, -0.1) is 0 Å². The standard InChI is InChI=1S/C14H25N3O2/c1-10(2)7-12-13(18)17(14(19)15-12)9-16-6-4-5-11(3)8-16/h10-12H,4-9H2,1-3H3,(H,15,19). The third kappa shape index (κ3) is 3.47. The van der Waals surface area contributed by atoms with E-state index < -0.39 is 0 Å². The molecule has 108 valence electrons. The third-order valence-electron chi connectivity index (χ3n) is 3.90. The SMILES string of the molecule is CC(C)CC1NC(=O)N(CN2CCCC(C)C2)C1=O. The number of nitrogens with zero attached hydrogens (tertiary/aromatic N) is 2. The molecule has 2 rings (SSSR count). The molecule has 2 fully saturated rings. The zero-order valence-electron chi connectivity index (χ0n) is 12.2. The van der Waals surface area contributed by atoms with Gasteiger partial charge in [0.15, 0.2) is 0 Å². The van der Waals surface area contributed by atoms with Crippen LogP contribution >= 0.6 is 0 Å². The van der Waals surface area contributed by atoms with E-state index in [-0.39, 0.29) is 18.0 Å². The molecule has 2 saturated heterocycles. The number of hydrogen-bond acceptors (Lipinski definition) is 3. The molecule has 0 bridgehead atoms. The minimum absolute atomic E-state index is 0.0584. The van der Waals surface area contributed by atoms with Crippen LogP contribution in [0.25, 0.3) is 0 Å². The number of urea groups is 1. The molecule has 0 aliphatic carbocycles. The van der Waals surface area contributed by atoms with Crippen molar-refractivity contribution in [3.05, 3.63) is 0 Å². The molecule has 2 heterocycles. The summed E-state index contributed by atoms with van der Waals surface area (Å²) in [5.41, 5.74) is 0. The monoisotopic (exact) mass is 267 g/mol. The summed E-state index contributed by atoms with van der Waals surface area (Å²) >= 11 is 0. The number of piperidine rings is 1. The lowest BCUT2D eigenvalue weighted by Crippen LogP contribution is -2.45. The maximum Gasteiger partial charge on any atom is 0.325 e. The topological polar surface area (TPSA) is 52.7 Å². The molecule has 2 aliphatic rings. The molecule has 0 aromatic rings. The van der Waals surface area contributed by atoms with Crippen molar-refractivity contribution < 1.29 is 9.59 Å². The van der Waals surface area contributed by atoms with Crippen molar-refractivity contribution >= 4 is 11.9 Å². The summed E-state index contributed by atoms with van der Waals surface area (Å²) < 4.78 is 0. The Hall–Kier alpha value is -1.10. The number of nitrogens with one attached hydrogen (secondary N) is 1. The van der Waals surface area contributed by atoms with Gasteiger partial charge in [0.1, 0.15) is 6.04 Å². The van der Waals surface area contributed by atoms with Gasteiger partial charge >= 0.3 is 6.03 Å². The zero-order valence-corrected chi connectivity index (χ0v) is 12.2. The first-order valence-electron chi connectivity index (χ1n) is 7.31. The van der Waals surface area contributed by atoms with E-state index in [9.17, 15) is 9.59 Å². The molecule has 5 heteroatoms. The zero-order chi connectivity index (χ0) is 14.0. The van der Waals surface area contributed by atoms with Gasteiger partial charge in [0.25, 0.3) is 5.91 Å². The van der Waals surface area contributed by atoms with E-state index in [0.29, 0.717) is 18.5 Å². The van der Waals surface area contributed by atoms with Gasteiger partial charge in [-0.25, -0.2) is 9.69 Å². The predicted octanol–water partition coefficient (Wildman–Crippen LogP) is 1.64. The molecule has 3 amide bonds. The van der Waals surface area contributed by atoms with Gasteiger partial charge in [0.05, 0.1) is 6.67 Å². The van der Waals surface area contributed by atoms with Gasteiger partial charge < -0.3 is 5.32 Å². The molecule has 0 spiro atoms. The van der Waals surface area contributed by atoms with Crippen molar-refractivity contribution in [3.8, 4) is 0 Å². The van der Waals surface area contributed by atoms with Gasteiger partial charge in [-0.3, -0.25) is 9.69 Å². The van der Waals surface area contributed by atoms with Crippen molar-refractivity contribution in [2.45, 2.75) is 46.1 Å². The van der Waals surface area contributed by atoms with Gasteiger partial charge in [-0.2, -0.15) is 0 Å². The maximum absolute atomic E-state index is 12.2. The molecule has 0 radical (unpaired) electrons. The van der Waals surface area contributed by atoms with Crippen molar-refractivity contribution in [2.75, 3.05) is 19.8 Å². The van der Waals surface area contributed by atoms with Gasteiger partial charge in [-0.05, 0) is 37.6 Å². The highest BCUT2D eigenvalue weighted by atomic mass is 16.2.